The van der Waals surface area contributed by atoms with Crippen LogP contribution >= 0.6 is 23.4 Å². The van der Waals surface area contributed by atoms with E-state index in [0.717, 1.165) is 58.9 Å². The van der Waals surface area contributed by atoms with Gasteiger partial charge in [-0.2, -0.15) is 0 Å². The molecule has 0 aliphatic carbocycles. The van der Waals surface area contributed by atoms with Gasteiger partial charge in [-0.3, -0.25) is 0 Å². The van der Waals surface area contributed by atoms with Gasteiger partial charge in [-0.05, 0) is 37.6 Å². The van der Waals surface area contributed by atoms with E-state index in [1.165, 1.54) is 11.8 Å². The maximum atomic E-state index is 6.73. The topological polar surface area (TPSA) is 140 Å². The van der Waals surface area contributed by atoms with Crippen LogP contribution in [0.25, 0.3) is 22.1 Å². The SMILES string of the molecule is CCc1[nH]c2nc(Sc3cnc4c(NCC5OCCO5)nc(C)nc4c3)nc(N3CC[C@H](N)C3)c2c1Cl. The van der Waals surface area contributed by atoms with Crippen LogP contribution in [-0.2, 0) is 15.9 Å². The molecule has 6 rings (SSSR count). The summed E-state index contributed by atoms with van der Waals surface area (Å²) < 4.78 is 11.0. The summed E-state index contributed by atoms with van der Waals surface area (Å²) in [6.45, 7) is 7.18. The number of aryl methyl sites for hydroxylation is 2. The molecule has 2 aliphatic heterocycles. The van der Waals surface area contributed by atoms with Gasteiger partial charge in [0.05, 0.1) is 35.7 Å². The molecule has 1 atom stereocenters. The van der Waals surface area contributed by atoms with Crippen LogP contribution in [-0.4, -0.2) is 75.1 Å². The number of fused-ring (bicyclic) bond motifs is 2. The second kappa shape index (κ2) is 10.2. The number of ether oxygens (including phenoxy) is 2. The van der Waals surface area contributed by atoms with Crippen molar-refractivity contribution in [2.45, 2.75) is 49.1 Å². The van der Waals surface area contributed by atoms with Crippen molar-refractivity contribution in [2.24, 2.45) is 5.73 Å². The summed E-state index contributed by atoms with van der Waals surface area (Å²) in [5.41, 5.74) is 9.29. The van der Waals surface area contributed by atoms with Crippen molar-refractivity contribution >= 4 is 57.1 Å². The fraction of sp³-hybridized carbons (Fsp3) is 0.458. The Kier molecular flexibility index (Phi) is 6.76. The van der Waals surface area contributed by atoms with Crippen LogP contribution in [0.4, 0.5) is 11.6 Å². The van der Waals surface area contributed by atoms with E-state index in [9.17, 15) is 0 Å². The van der Waals surface area contributed by atoms with Gasteiger partial charge in [0.1, 0.15) is 22.8 Å². The Labute approximate surface area is 222 Å². The van der Waals surface area contributed by atoms with Gasteiger partial charge >= 0.3 is 0 Å². The van der Waals surface area contributed by atoms with E-state index < -0.39 is 0 Å². The molecule has 0 amide bonds. The number of hydrogen-bond acceptors (Lipinski definition) is 11. The first-order chi connectivity index (χ1) is 18.0. The van der Waals surface area contributed by atoms with Crippen LogP contribution in [0.3, 0.4) is 0 Å². The molecule has 13 heteroatoms. The standard InChI is InChI=1S/C24H28ClN9O2S/c1-3-15-19(25)18-21(31-15)32-24(33-23(18)34-5-4-13(26)11-34)37-14-8-16-20(27-9-14)22(30-12(2)29-16)28-10-17-35-6-7-36-17/h8-9,13,17H,3-7,10-11,26H2,1-2H3,(H,28,29,30)(H,31,32,33)/t13-/m0/s1. The zero-order chi connectivity index (χ0) is 25.5. The van der Waals surface area contributed by atoms with Gasteiger partial charge in [-0.1, -0.05) is 18.5 Å². The molecule has 2 aliphatic rings. The van der Waals surface area contributed by atoms with Crippen LogP contribution in [0.15, 0.2) is 22.3 Å². The molecule has 194 valence electrons. The zero-order valence-electron chi connectivity index (χ0n) is 20.6. The molecule has 11 nitrogen and oxygen atoms in total. The highest BCUT2D eigenvalue weighted by molar-refractivity contribution is 7.99. The highest BCUT2D eigenvalue weighted by Crippen LogP contribution is 2.38. The maximum Gasteiger partial charge on any atom is 0.196 e. The molecule has 0 spiro atoms. The minimum atomic E-state index is -0.290. The molecular weight excluding hydrogens is 514 g/mol. The lowest BCUT2D eigenvalue weighted by Gasteiger charge is -2.18. The van der Waals surface area contributed by atoms with Crippen LogP contribution < -0.4 is 16.0 Å². The smallest absolute Gasteiger partial charge is 0.196 e. The van der Waals surface area contributed by atoms with Crippen molar-refractivity contribution in [2.75, 3.05) is 43.1 Å². The number of rotatable bonds is 7. The highest BCUT2D eigenvalue weighted by atomic mass is 35.5. The summed E-state index contributed by atoms with van der Waals surface area (Å²) in [6.07, 6.45) is 3.19. The van der Waals surface area contributed by atoms with Gasteiger partial charge in [0, 0.05) is 35.9 Å². The number of nitrogens with two attached hydrogens (primary N) is 1. The molecule has 4 aromatic rings. The van der Waals surface area contributed by atoms with E-state index in [1.54, 1.807) is 6.20 Å². The average molecular weight is 542 g/mol. The minimum absolute atomic E-state index is 0.117. The number of anilines is 2. The van der Waals surface area contributed by atoms with Gasteiger partial charge < -0.3 is 30.4 Å². The fourth-order valence-corrected chi connectivity index (χ4v) is 5.78. The predicted molar refractivity (Wildman–Crippen MR) is 143 cm³/mol. The molecule has 4 N–H and O–H groups in total. The van der Waals surface area contributed by atoms with Crippen molar-refractivity contribution < 1.29 is 9.47 Å². The lowest BCUT2D eigenvalue weighted by molar-refractivity contribution is -0.0299. The first-order valence-corrected chi connectivity index (χ1v) is 13.6. The van der Waals surface area contributed by atoms with Crippen molar-refractivity contribution in [1.82, 2.24) is 29.9 Å². The monoisotopic (exact) mass is 541 g/mol. The molecule has 0 saturated carbocycles. The van der Waals surface area contributed by atoms with E-state index in [0.29, 0.717) is 47.1 Å². The van der Waals surface area contributed by atoms with Crippen molar-refractivity contribution in [3.63, 3.8) is 0 Å². The lowest BCUT2D eigenvalue weighted by Crippen LogP contribution is -2.27. The number of H-pyrrole nitrogens is 1. The van der Waals surface area contributed by atoms with Crippen LogP contribution in [0.5, 0.6) is 0 Å². The molecule has 2 fully saturated rings. The molecule has 0 unspecified atom stereocenters. The molecule has 37 heavy (non-hydrogen) atoms. The summed E-state index contributed by atoms with van der Waals surface area (Å²) in [4.78, 5) is 30.0. The molecule has 4 aromatic heterocycles. The number of nitrogens with zero attached hydrogens (tertiary/aromatic N) is 6. The number of pyridine rings is 1. The van der Waals surface area contributed by atoms with Crippen LogP contribution in [0.2, 0.25) is 5.02 Å². The Morgan fingerprint density at radius 1 is 1.24 bits per heavy atom. The predicted octanol–water partition coefficient (Wildman–Crippen LogP) is 3.29. The summed E-state index contributed by atoms with van der Waals surface area (Å²) in [5.74, 6) is 2.11. The molecule has 0 bridgehead atoms. The third-order valence-corrected chi connectivity index (χ3v) is 7.70. The Morgan fingerprint density at radius 3 is 2.84 bits per heavy atom. The number of halogens is 1. The van der Waals surface area contributed by atoms with Gasteiger partial charge in [-0.15, -0.1) is 0 Å². The summed E-state index contributed by atoms with van der Waals surface area (Å²) >= 11 is 8.16. The number of aromatic nitrogens is 6. The first-order valence-electron chi connectivity index (χ1n) is 12.4. The molecule has 2 saturated heterocycles. The lowest BCUT2D eigenvalue weighted by atomic mass is 10.3. The summed E-state index contributed by atoms with van der Waals surface area (Å²) in [7, 11) is 0. The van der Waals surface area contributed by atoms with Crippen LogP contribution in [0, 0.1) is 6.92 Å². The zero-order valence-corrected chi connectivity index (χ0v) is 22.2. The second-order valence-corrected chi connectivity index (χ2v) is 10.6. The summed E-state index contributed by atoms with van der Waals surface area (Å²) in [6, 6.07) is 2.10. The fourth-order valence-electron chi connectivity index (χ4n) is 4.67. The molecule has 0 aromatic carbocycles. The normalized spacial score (nSPS) is 18.5. The third kappa shape index (κ3) is 4.91. The van der Waals surface area contributed by atoms with E-state index in [-0.39, 0.29) is 12.3 Å². The maximum absolute atomic E-state index is 6.73. The van der Waals surface area contributed by atoms with E-state index in [4.69, 9.17) is 36.8 Å². The van der Waals surface area contributed by atoms with E-state index >= 15 is 0 Å². The summed E-state index contributed by atoms with van der Waals surface area (Å²) in [5, 5.41) is 5.42. The van der Waals surface area contributed by atoms with Crippen molar-refractivity contribution in [1.29, 1.82) is 0 Å². The van der Waals surface area contributed by atoms with Gasteiger partial charge in [0.2, 0.25) is 0 Å². The quantitative estimate of drug-likeness (QED) is 0.297. The minimum Gasteiger partial charge on any atom is -0.363 e. The number of nitrogens with one attached hydrogen (secondary N) is 2. The van der Waals surface area contributed by atoms with Gasteiger partial charge in [0.15, 0.2) is 17.3 Å². The Hall–Kier alpha value is -2.77. The van der Waals surface area contributed by atoms with E-state index in [2.05, 4.69) is 37.1 Å². The Bertz CT molecular complexity index is 1460. The number of hydrogen-bond donors (Lipinski definition) is 3. The largest absolute Gasteiger partial charge is 0.363 e. The van der Waals surface area contributed by atoms with Crippen molar-refractivity contribution in [3.8, 4) is 0 Å². The van der Waals surface area contributed by atoms with Crippen LogP contribution in [0.1, 0.15) is 24.9 Å². The average Bonchev–Trinajstić information content (AvgIpc) is 3.62. The Morgan fingerprint density at radius 2 is 2.08 bits per heavy atom. The first kappa shape index (κ1) is 24.6. The second-order valence-electron chi connectivity index (χ2n) is 9.13. The third-order valence-electron chi connectivity index (χ3n) is 6.46. The van der Waals surface area contributed by atoms with Gasteiger partial charge in [-0.25, -0.2) is 24.9 Å². The highest BCUT2D eigenvalue weighted by Gasteiger charge is 2.26. The Balaban J connectivity index is 1.33. The molecule has 0 radical (unpaired) electrons. The molecular formula is C24H28ClN9O2S. The van der Waals surface area contributed by atoms with Crippen molar-refractivity contribution in [3.05, 3.63) is 28.8 Å². The number of aromatic amines is 1. The van der Waals surface area contributed by atoms with E-state index in [1.807, 2.05) is 13.0 Å². The molecule has 6 heterocycles. The van der Waals surface area contributed by atoms with Gasteiger partial charge in [0.25, 0.3) is 0 Å².